The number of nitro benzene ring substituents is 1. The fraction of sp³-hybridized carbons (Fsp3) is 0.0667. The van der Waals surface area contributed by atoms with Crippen LogP contribution >= 0.6 is 0 Å². The predicted octanol–water partition coefficient (Wildman–Crippen LogP) is 3.50. The van der Waals surface area contributed by atoms with Crippen molar-refractivity contribution in [1.29, 1.82) is 0 Å². The number of carbonyl (C=O) groups excluding carboxylic acids is 1. The summed E-state index contributed by atoms with van der Waals surface area (Å²) in [5.74, 6) is -1.78. The molecular formula is C15H11N3O6. The number of hydrogen-bond acceptors (Lipinski definition) is 7. The lowest BCUT2D eigenvalue weighted by Crippen LogP contribution is -1.99. The van der Waals surface area contributed by atoms with E-state index in [-0.39, 0.29) is 11.3 Å². The molecule has 0 aliphatic carbocycles. The van der Waals surface area contributed by atoms with Crippen molar-refractivity contribution < 1.29 is 24.4 Å². The lowest BCUT2D eigenvalue weighted by Gasteiger charge is -2.00. The Balaban J connectivity index is 2.30. The van der Waals surface area contributed by atoms with Gasteiger partial charge in [0.25, 0.3) is 5.69 Å². The number of carboxylic acids is 1. The van der Waals surface area contributed by atoms with Gasteiger partial charge in [-0.2, -0.15) is 5.11 Å². The van der Waals surface area contributed by atoms with Gasteiger partial charge in [-0.1, -0.05) is 0 Å². The van der Waals surface area contributed by atoms with Crippen molar-refractivity contribution in [3.05, 3.63) is 63.7 Å². The maximum atomic E-state index is 11.3. The number of nitrogens with zero attached hydrogens (tertiary/aromatic N) is 3. The molecular weight excluding hydrogens is 318 g/mol. The Bertz CT molecular complexity index is 830. The molecule has 0 fully saturated rings. The molecule has 0 unspecified atom stereocenters. The average molecular weight is 329 g/mol. The molecule has 9 heteroatoms. The number of aromatic carboxylic acids is 1. The third-order valence-corrected chi connectivity index (χ3v) is 2.98. The fourth-order valence-electron chi connectivity index (χ4n) is 1.78. The molecule has 0 heterocycles. The Morgan fingerprint density at radius 1 is 1.08 bits per heavy atom. The predicted molar refractivity (Wildman–Crippen MR) is 82.0 cm³/mol. The van der Waals surface area contributed by atoms with Gasteiger partial charge in [-0.15, -0.1) is 5.11 Å². The maximum Gasteiger partial charge on any atom is 0.337 e. The SMILES string of the molecule is COC(=O)c1ccc(/N=N/c2ccc(C(=O)O)cc2[N+](=O)[O-])cc1. The highest BCUT2D eigenvalue weighted by Gasteiger charge is 2.17. The van der Waals surface area contributed by atoms with Gasteiger partial charge in [-0.05, 0) is 36.4 Å². The molecule has 0 amide bonds. The van der Waals surface area contributed by atoms with Gasteiger partial charge in [0.1, 0.15) is 0 Å². The molecule has 1 N–H and O–H groups in total. The Hall–Kier alpha value is -3.62. The molecule has 0 saturated heterocycles. The van der Waals surface area contributed by atoms with Crippen LogP contribution in [0.25, 0.3) is 0 Å². The summed E-state index contributed by atoms with van der Waals surface area (Å²) >= 11 is 0. The molecule has 0 aliphatic heterocycles. The highest BCUT2D eigenvalue weighted by Crippen LogP contribution is 2.30. The zero-order chi connectivity index (χ0) is 17.7. The molecule has 122 valence electrons. The first-order valence-electron chi connectivity index (χ1n) is 6.54. The van der Waals surface area contributed by atoms with E-state index in [1.807, 2.05) is 0 Å². The minimum Gasteiger partial charge on any atom is -0.478 e. The molecule has 0 atom stereocenters. The van der Waals surface area contributed by atoms with Gasteiger partial charge in [-0.3, -0.25) is 10.1 Å². The standard InChI is InChI=1S/C15H11N3O6/c1-24-15(21)9-2-5-11(6-3-9)16-17-12-7-4-10(14(19)20)8-13(12)18(22)23/h2-8H,1H3,(H,19,20)/b17-16+. The number of azo groups is 1. The summed E-state index contributed by atoms with van der Waals surface area (Å²) in [6.07, 6.45) is 0. The summed E-state index contributed by atoms with van der Waals surface area (Å²) < 4.78 is 4.56. The first-order chi connectivity index (χ1) is 11.4. The van der Waals surface area contributed by atoms with E-state index in [1.54, 1.807) is 0 Å². The molecule has 2 aromatic rings. The number of ether oxygens (including phenoxy) is 1. The summed E-state index contributed by atoms with van der Waals surface area (Å²) in [6, 6.07) is 9.25. The van der Waals surface area contributed by atoms with Crippen LogP contribution < -0.4 is 0 Å². The van der Waals surface area contributed by atoms with Crippen LogP contribution in [0.3, 0.4) is 0 Å². The second kappa shape index (κ2) is 7.09. The number of benzene rings is 2. The highest BCUT2D eigenvalue weighted by atomic mass is 16.6. The number of esters is 1. The summed E-state index contributed by atoms with van der Waals surface area (Å²) in [4.78, 5) is 32.5. The lowest BCUT2D eigenvalue weighted by molar-refractivity contribution is -0.384. The summed E-state index contributed by atoms with van der Waals surface area (Å²) in [6.45, 7) is 0. The normalized spacial score (nSPS) is 10.5. The van der Waals surface area contributed by atoms with Gasteiger partial charge >= 0.3 is 11.9 Å². The number of methoxy groups -OCH3 is 1. The first-order valence-corrected chi connectivity index (χ1v) is 6.54. The zero-order valence-electron chi connectivity index (χ0n) is 12.4. The Labute approximate surface area is 135 Å². The van der Waals surface area contributed by atoms with Gasteiger partial charge in [0.05, 0.1) is 28.8 Å². The van der Waals surface area contributed by atoms with Gasteiger partial charge in [0, 0.05) is 6.07 Å². The van der Waals surface area contributed by atoms with E-state index in [1.165, 1.54) is 43.5 Å². The molecule has 24 heavy (non-hydrogen) atoms. The molecule has 0 spiro atoms. The smallest absolute Gasteiger partial charge is 0.337 e. The van der Waals surface area contributed by atoms with Crippen LogP contribution in [0.15, 0.2) is 52.7 Å². The molecule has 0 radical (unpaired) electrons. The largest absolute Gasteiger partial charge is 0.478 e. The second-order valence-corrected chi connectivity index (χ2v) is 4.50. The van der Waals surface area contributed by atoms with E-state index < -0.39 is 22.5 Å². The Kier molecular flexibility index (Phi) is 4.95. The highest BCUT2D eigenvalue weighted by molar-refractivity contribution is 5.90. The summed E-state index contributed by atoms with van der Waals surface area (Å²) in [5, 5.41) is 27.5. The minimum absolute atomic E-state index is 0.0814. The quantitative estimate of drug-likeness (QED) is 0.386. The molecule has 0 bridgehead atoms. The minimum atomic E-state index is -1.28. The van der Waals surface area contributed by atoms with Crippen molar-refractivity contribution in [2.75, 3.05) is 7.11 Å². The topological polar surface area (TPSA) is 131 Å². The van der Waals surface area contributed by atoms with Crippen molar-refractivity contribution in [3.8, 4) is 0 Å². The fourth-order valence-corrected chi connectivity index (χ4v) is 1.78. The number of carboxylic acid groups (broad SMARTS) is 1. The summed E-state index contributed by atoms with van der Waals surface area (Å²) in [7, 11) is 1.26. The van der Waals surface area contributed by atoms with Crippen molar-refractivity contribution >= 4 is 29.0 Å². The number of hydrogen-bond donors (Lipinski definition) is 1. The van der Waals surface area contributed by atoms with Crippen molar-refractivity contribution in [2.24, 2.45) is 10.2 Å². The van der Waals surface area contributed by atoms with E-state index in [9.17, 15) is 19.7 Å². The van der Waals surface area contributed by atoms with Crippen molar-refractivity contribution in [2.45, 2.75) is 0 Å². The number of nitro groups is 1. The van der Waals surface area contributed by atoms with Gasteiger partial charge < -0.3 is 9.84 Å². The van der Waals surface area contributed by atoms with Crippen LogP contribution in [0.5, 0.6) is 0 Å². The van der Waals surface area contributed by atoms with E-state index in [0.29, 0.717) is 11.3 Å². The third kappa shape index (κ3) is 3.77. The third-order valence-electron chi connectivity index (χ3n) is 2.98. The van der Waals surface area contributed by atoms with E-state index in [2.05, 4.69) is 15.0 Å². The van der Waals surface area contributed by atoms with Crippen molar-refractivity contribution in [3.63, 3.8) is 0 Å². The van der Waals surface area contributed by atoms with Crippen LogP contribution in [0.2, 0.25) is 0 Å². The monoisotopic (exact) mass is 329 g/mol. The maximum absolute atomic E-state index is 11.3. The Morgan fingerprint density at radius 2 is 1.71 bits per heavy atom. The second-order valence-electron chi connectivity index (χ2n) is 4.50. The van der Waals surface area contributed by atoms with E-state index >= 15 is 0 Å². The van der Waals surface area contributed by atoms with Crippen LogP contribution in [-0.2, 0) is 4.74 Å². The number of carbonyl (C=O) groups is 2. The van der Waals surface area contributed by atoms with Crippen LogP contribution in [0, 0.1) is 10.1 Å². The summed E-state index contributed by atoms with van der Waals surface area (Å²) in [5.41, 5.74) is -0.0811. The van der Waals surface area contributed by atoms with Gasteiger partial charge in [0.15, 0.2) is 5.69 Å². The Morgan fingerprint density at radius 3 is 2.25 bits per heavy atom. The van der Waals surface area contributed by atoms with Crippen LogP contribution in [0.1, 0.15) is 20.7 Å². The van der Waals surface area contributed by atoms with Gasteiger partial charge in [0.2, 0.25) is 0 Å². The van der Waals surface area contributed by atoms with Gasteiger partial charge in [-0.25, -0.2) is 9.59 Å². The average Bonchev–Trinajstić information content (AvgIpc) is 2.59. The number of rotatable bonds is 5. The lowest BCUT2D eigenvalue weighted by atomic mass is 10.2. The molecule has 0 aliphatic rings. The first kappa shape index (κ1) is 16.7. The van der Waals surface area contributed by atoms with E-state index in [4.69, 9.17) is 5.11 Å². The molecule has 2 aromatic carbocycles. The van der Waals surface area contributed by atoms with Crippen molar-refractivity contribution in [1.82, 2.24) is 0 Å². The molecule has 0 saturated carbocycles. The molecule has 0 aromatic heterocycles. The zero-order valence-corrected chi connectivity index (χ0v) is 12.4. The van der Waals surface area contributed by atoms with Crippen LogP contribution in [0.4, 0.5) is 17.1 Å². The van der Waals surface area contributed by atoms with Crippen LogP contribution in [-0.4, -0.2) is 29.1 Å². The van der Waals surface area contributed by atoms with E-state index in [0.717, 1.165) is 6.07 Å². The molecule has 9 nitrogen and oxygen atoms in total. The molecule has 2 rings (SSSR count).